The predicted octanol–water partition coefficient (Wildman–Crippen LogP) is 2.47. The number of carbonyl (C=O) groups excluding carboxylic acids is 1. The second-order valence-electron chi connectivity index (χ2n) is 5.43. The zero-order valence-corrected chi connectivity index (χ0v) is 12.7. The van der Waals surface area contributed by atoms with Gasteiger partial charge in [-0.1, -0.05) is 0 Å². The summed E-state index contributed by atoms with van der Waals surface area (Å²) in [5, 5.41) is 19.0. The number of nitrogens with zero attached hydrogens (tertiary/aromatic N) is 4. The van der Waals surface area contributed by atoms with Crippen LogP contribution >= 0.6 is 0 Å². The molecule has 0 aliphatic carbocycles. The molecule has 0 atom stereocenters. The summed E-state index contributed by atoms with van der Waals surface area (Å²) in [5.41, 5.74) is 3.76. The van der Waals surface area contributed by atoms with Gasteiger partial charge in [-0.2, -0.15) is 5.10 Å². The third-order valence-corrected chi connectivity index (χ3v) is 3.85. The second-order valence-corrected chi connectivity index (χ2v) is 5.43. The quantitative estimate of drug-likeness (QED) is 0.595. The molecule has 4 aromatic rings. The number of aromatic nitrogens is 5. The number of anilines is 1. The number of amides is 1. The van der Waals surface area contributed by atoms with Gasteiger partial charge in [0.1, 0.15) is 5.82 Å². The highest BCUT2D eigenvalue weighted by molar-refractivity contribution is 6.05. The summed E-state index contributed by atoms with van der Waals surface area (Å²) in [4.78, 5) is 12.4. The highest BCUT2D eigenvalue weighted by atomic mass is 16.1. The van der Waals surface area contributed by atoms with Crippen molar-refractivity contribution in [3.63, 3.8) is 0 Å². The summed E-state index contributed by atoms with van der Waals surface area (Å²) in [6.45, 7) is 3.81. The van der Waals surface area contributed by atoms with E-state index in [-0.39, 0.29) is 5.91 Å². The van der Waals surface area contributed by atoms with E-state index in [1.54, 1.807) is 18.3 Å². The van der Waals surface area contributed by atoms with Crippen LogP contribution < -0.4 is 5.32 Å². The van der Waals surface area contributed by atoms with E-state index in [9.17, 15) is 4.79 Å². The number of hydrogen-bond acceptors (Lipinski definition) is 4. The normalized spacial score (nSPS) is 11.2. The Balaban J connectivity index is 1.65. The van der Waals surface area contributed by atoms with Crippen LogP contribution in [0.3, 0.4) is 0 Å². The van der Waals surface area contributed by atoms with Crippen LogP contribution in [0.2, 0.25) is 0 Å². The summed E-state index contributed by atoms with van der Waals surface area (Å²) in [6, 6.07) is 9.09. The summed E-state index contributed by atoms with van der Waals surface area (Å²) in [6.07, 6.45) is 1.79. The Morgan fingerprint density at radius 2 is 2.04 bits per heavy atom. The Hall–Kier alpha value is -3.22. The maximum Gasteiger partial charge on any atom is 0.255 e. The number of pyridine rings is 1. The zero-order chi connectivity index (χ0) is 16.0. The number of rotatable bonds is 2. The number of aryl methyl sites for hydroxylation is 2. The van der Waals surface area contributed by atoms with E-state index in [0.717, 1.165) is 28.1 Å². The summed E-state index contributed by atoms with van der Waals surface area (Å²) >= 11 is 0. The molecule has 0 spiro atoms. The van der Waals surface area contributed by atoms with Crippen LogP contribution in [0.15, 0.2) is 36.5 Å². The van der Waals surface area contributed by atoms with Gasteiger partial charge in [0.05, 0.1) is 5.52 Å². The molecule has 3 aromatic heterocycles. The third-order valence-electron chi connectivity index (χ3n) is 3.85. The molecular formula is C16H14N6O. The summed E-state index contributed by atoms with van der Waals surface area (Å²) in [5.74, 6) is 0.599. The van der Waals surface area contributed by atoms with Gasteiger partial charge in [-0.25, -0.2) is 0 Å². The van der Waals surface area contributed by atoms with Crippen molar-refractivity contribution in [1.82, 2.24) is 24.8 Å². The lowest BCUT2D eigenvalue weighted by Gasteiger charge is -2.06. The van der Waals surface area contributed by atoms with Crippen LogP contribution in [0, 0.1) is 13.8 Å². The van der Waals surface area contributed by atoms with Crippen LogP contribution in [0.5, 0.6) is 0 Å². The minimum Gasteiger partial charge on any atom is -0.322 e. The average Bonchev–Trinajstić information content (AvgIpc) is 3.11. The molecule has 1 amide bonds. The first-order valence-corrected chi connectivity index (χ1v) is 7.19. The molecule has 7 nitrogen and oxygen atoms in total. The van der Waals surface area contributed by atoms with Gasteiger partial charge in [-0.05, 0) is 44.2 Å². The molecule has 0 unspecified atom stereocenters. The van der Waals surface area contributed by atoms with Crippen molar-refractivity contribution < 1.29 is 4.79 Å². The van der Waals surface area contributed by atoms with Crippen LogP contribution in [0.4, 0.5) is 5.69 Å². The van der Waals surface area contributed by atoms with E-state index >= 15 is 0 Å². The molecule has 0 bridgehead atoms. The van der Waals surface area contributed by atoms with Gasteiger partial charge in [0, 0.05) is 28.5 Å². The lowest BCUT2D eigenvalue weighted by Crippen LogP contribution is -2.12. The van der Waals surface area contributed by atoms with Crippen molar-refractivity contribution in [1.29, 1.82) is 0 Å². The van der Waals surface area contributed by atoms with Crippen molar-refractivity contribution in [2.75, 3.05) is 5.32 Å². The number of fused-ring (bicyclic) bond motifs is 2. The first-order valence-electron chi connectivity index (χ1n) is 7.19. The topological polar surface area (TPSA) is 88.0 Å². The molecule has 114 valence electrons. The maximum absolute atomic E-state index is 12.4. The standard InChI is InChI=1S/C16H14N6O/c1-9-13-8-12(3-4-14(13)20-18-9)17-16(23)11-5-6-22-10(2)19-21-15(22)7-11/h3-8H,1-2H3,(H,17,23)(H,18,20). The molecule has 1 aromatic carbocycles. The zero-order valence-electron chi connectivity index (χ0n) is 12.7. The lowest BCUT2D eigenvalue weighted by atomic mass is 10.2. The molecule has 0 fully saturated rings. The molecule has 0 saturated heterocycles. The van der Waals surface area contributed by atoms with Crippen molar-refractivity contribution in [3.05, 3.63) is 53.6 Å². The van der Waals surface area contributed by atoms with Crippen LogP contribution in [-0.4, -0.2) is 30.7 Å². The molecule has 4 rings (SSSR count). The van der Waals surface area contributed by atoms with E-state index in [1.807, 2.05) is 36.4 Å². The second kappa shape index (κ2) is 4.91. The summed E-state index contributed by atoms with van der Waals surface area (Å²) < 4.78 is 1.83. The van der Waals surface area contributed by atoms with Crippen LogP contribution in [0.1, 0.15) is 21.9 Å². The van der Waals surface area contributed by atoms with Crippen molar-refractivity contribution >= 4 is 28.1 Å². The summed E-state index contributed by atoms with van der Waals surface area (Å²) in [7, 11) is 0. The number of hydrogen-bond donors (Lipinski definition) is 2. The molecule has 0 saturated carbocycles. The largest absolute Gasteiger partial charge is 0.322 e. The van der Waals surface area contributed by atoms with E-state index < -0.39 is 0 Å². The number of benzene rings is 1. The molecule has 0 radical (unpaired) electrons. The highest BCUT2D eigenvalue weighted by Crippen LogP contribution is 2.20. The Labute approximate surface area is 131 Å². The minimum atomic E-state index is -0.186. The molecule has 0 aliphatic heterocycles. The Morgan fingerprint density at radius 1 is 1.17 bits per heavy atom. The maximum atomic E-state index is 12.4. The third kappa shape index (κ3) is 2.22. The van der Waals surface area contributed by atoms with E-state index in [0.29, 0.717) is 11.2 Å². The van der Waals surface area contributed by atoms with Gasteiger partial charge in [-0.3, -0.25) is 14.3 Å². The van der Waals surface area contributed by atoms with Crippen LogP contribution in [0.25, 0.3) is 16.6 Å². The molecule has 7 heteroatoms. The van der Waals surface area contributed by atoms with E-state index in [2.05, 4.69) is 25.7 Å². The molecule has 2 N–H and O–H groups in total. The minimum absolute atomic E-state index is 0.186. The Morgan fingerprint density at radius 3 is 2.91 bits per heavy atom. The predicted molar refractivity (Wildman–Crippen MR) is 86.5 cm³/mol. The van der Waals surface area contributed by atoms with E-state index in [4.69, 9.17) is 0 Å². The molecule has 23 heavy (non-hydrogen) atoms. The van der Waals surface area contributed by atoms with Gasteiger partial charge < -0.3 is 5.32 Å². The van der Waals surface area contributed by atoms with Gasteiger partial charge in [0.15, 0.2) is 5.65 Å². The number of carbonyl (C=O) groups is 1. The van der Waals surface area contributed by atoms with Crippen molar-refractivity contribution in [2.24, 2.45) is 0 Å². The van der Waals surface area contributed by atoms with Gasteiger partial charge in [0.25, 0.3) is 5.91 Å². The van der Waals surface area contributed by atoms with Gasteiger partial charge in [-0.15, -0.1) is 10.2 Å². The van der Waals surface area contributed by atoms with Crippen molar-refractivity contribution in [2.45, 2.75) is 13.8 Å². The van der Waals surface area contributed by atoms with Crippen molar-refractivity contribution in [3.8, 4) is 0 Å². The Bertz CT molecular complexity index is 1050. The average molecular weight is 306 g/mol. The lowest BCUT2D eigenvalue weighted by molar-refractivity contribution is 0.102. The first-order chi connectivity index (χ1) is 11.1. The Kier molecular flexibility index (Phi) is 2.87. The number of H-pyrrole nitrogens is 1. The van der Waals surface area contributed by atoms with Crippen LogP contribution in [-0.2, 0) is 0 Å². The SMILES string of the molecule is Cc1[nH]nc2ccc(NC(=O)c3ccn4c(C)nnc4c3)cc12. The number of nitrogens with one attached hydrogen (secondary N) is 2. The van der Waals surface area contributed by atoms with Gasteiger partial charge >= 0.3 is 0 Å². The highest BCUT2D eigenvalue weighted by Gasteiger charge is 2.10. The molecule has 3 heterocycles. The van der Waals surface area contributed by atoms with Gasteiger partial charge in [0.2, 0.25) is 0 Å². The fourth-order valence-electron chi connectivity index (χ4n) is 2.57. The fourth-order valence-corrected chi connectivity index (χ4v) is 2.57. The monoisotopic (exact) mass is 306 g/mol. The molecule has 0 aliphatic rings. The smallest absolute Gasteiger partial charge is 0.255 e. The fraction of sp³-hybridized carbons (Fsp3) is 0.125. The van der Waals surface area contributed by atoms with E-state index in [1.165, 1.54) is 0 Å². The first kappa shape index (κ1) is 13.4. The number of aromatic amines is 1. The molecular weight excluding hydrogens is 292 g/mol.